The van der Waals surface area contributed by atoms with Gasteiger partial charge in [0.05, 0.1) is 16.5 Å². The quantitative estimate of drug-likeness (QED) is 0.467. The molecular weight excluding hydrogens is 338 g/mol. The molecule has 0 unspecified atom stereocenters. The molecule has 2 aromatic rings. The highest BCUT2D eigenvalue weighted by Crippen LogP contribution is 2.26. The lowest BCUT2D eigenvalue weighted by atomic mass is 10.0. The van der Waals surface area contributed by atoms with Gasteiger partial charge in [0, 0.05) is 24.1 Å². The number of nitro benzene ring substituents is 1. The largest absolute Gasteiger partial charge is 0.496 e. The molecule has 0 radical (unpaired) electrons. The maximum Gasteiger partial charge on any atom is 0.269 e. The number of nitrogens with zero attached hydrogens (tertiary/aromatic N) is 1. The second-order valence-corrected chi connectivity index (χ2v) is 5.23. The van der Waals surface area contributed by atoms with Crippen LogP contribution in [0.25, 0.3) is 0 Å². The number of rotatable bonds is 5. The highest BCUT2D eigenvalue weighted by Gasteiger charge is 2.11. The van der Waals surface area contributed by atoms with E-state index in [1.807, 2.05) is 0 Å². The number of ether oxygens (including phenoxy) is 1. The number of carbonyl (C=O) groups is 1. The molecule has 0 bridgehead atoms. The van der Waals surface area contributed by atoms with Crippen LogP contribution in [0.1, 0.15) is 15.9 Å². The van der Waals surface area contributed by atoms with Gasteiger partial charge in [0.15, 0.2) is 5.78 Å². The summed E-state index contributed by atoms with van der Waals surface area (Å²) in [6.07, 6.45) is 0.191. The van der Waals surface area contributed by atoms with E-state index in [-0.39, 0.29) is 17.9 Å². The fraction of sp³-hybridized carbons (Fsp3) is 0.133. The molecule has 0 atom stereocenters. The summed E-state index contributed by atoms with van der Waals surface area (Å²) >= 11 is 3.33. The molecule has 0 saturated carbocycles. The van der Waals surface area contributed by atoms with E-state index in [9.17, 15) is 14.9 Å². The van der Waals surface area contributed by atoms with E-state index >= 15 is 0 Å². The van der Waals surface area contributed by atoms with Crippen LogP contribution in [-0.2, 0) is 6.42 Å². The molecule has 0 spiro atoms. The Hall–Kier alpha value is -2.21. The minimum Gasteiger partial charge on any atom is -0.496 e. The number of methoxy groups -OCH3 is 1. The van der Waals surface area contributed by atoms with Crippen LogP contribution in [0, 0.1) is 10.1 Å². The van der Waals surface area contributed by atoms with Gasteiger partial charge in [-0.3, -0.25) is 14.9 Å². The monoisotopic (exact) mass is 349 g/mol. The first-order chi connectivity index (χ1) is 10.0. The van der Waals surface area contributed by atoms with Crippen LogP contribution in [0.15, 0.2) is 46.9 Å². The lowest BCUT2D eigenvalue weighted by molar-refractivity contribution is -0.384. The second kappa shape index (κ2) is 6.49. The molecule has 2 aromatic carbocycles. The number of hydrogen-bond donors (Lipinski definition) is 0. The van der Waals surface area contributed by atoms with Crippen molar-refractivity contribution in [2.75, 3.05) is 7.11 Å². The number of halogens is 1. The predicted octanol–water partition coefficient (Wildman–Crippen LogP) is 3.79. The Kier molecular flexibility index (Phi) is 4.70. The molecule has 6 heteroatoms. The van der Waals surface area contributed by atoms with Crippen molar-refractivity contribution in [2.24, 2.45) is 0 Å². The number of benzene rings is 2. The molecule has 0 aliphatic rings. The Morgan fingerprint density at radius 3 is 2.43 bits per heavy atom. The zero-order chi connectivity index (χ0) is 15.4. The molecule has 0 N–H and O–H groups in total. The van der Waals surface area contributed by atoms with Crippen LogP contribution in [0.2, 0.25) is 0 Å². The van der Waals surface area contributed by atoms with E-state index in [2.05, 4.69) is 15.9 Å². The number of nitro groups is 1. The van der Waals surface area contributed by atoms with E-state index < -0.39 is 4.92 Å². The summed E-state index contributed by atoms with van der Waals surface area (Å²) in [5.74, 6) is 0.592. The smallest absolute Gasteiger partial charge is 0.269 e. The first kappa shape index (κ1) is 15.2. The summed E-state index contributed by atoms with van der Waals surface area (Å²) < 4.78 is 5.82. The Morgan fingerprint density at radius 1 is 1.24 bits per heavy atom. The molecule has 21 heavy (non-hydrogen) atoms. The molecule has 108 valence electrons. The van der Waals surface area contributed by atoms with Gasteiger partial charge in [-0.2, -0.15) is 0 Å². The summed E-state index contributed by atoms with van der Waals surface area (Å²) in [5, 5.41) is 10.6. The summed E-state index contributed by atoms with van der Waals surface area (Å²) in [4.78, 5) is 22.3. The Balaban J connectivity index is 2.14. The molecule has 2 rings (SSSR count). The Bertz CT molecular complexity index is 683. The third-order valence-corrected chi connectivity index (χ3v) is 3.61. The fourth-order valence-corrected chi connectivity index (χ4v) is 2.40. The summed E-state index contributed by atoms with van der Waals surface area (Å²) in [5.41, 5.74) is 1.30. The number of carbonyl (C=O) groups excluding carboxylic acids is 1. The van der Waals surface area contributed by atoms with Gasteiger partial charge in [0.25, 0.3) is 5.69 Å². The van der Waals surface area contributed by atoms with Crippen LogP contribution in [-0.4, -0.2) is 17.8 Å². The van der Waals surface area contributed by atoms with Gasteiger partial charge < -0.3 is 4.74 Å². The van der Waals surface area contributed by atoms with Crippen molar-refractivity contribution < 1.29 is 14.5 Å². The molecular formula is C15H12BrNO4. The Labute approximate surface area is 129 Å². The van der Waals surface area contributed by atoms with Gasteiger partial charge in [0.2, 0.25) is 0 Å². The van der Waals surface area contributed by atoms with E-state index in [1.54, 1.807) is 37.4 Å². The standard InChI is InChI=1S/C15H12BrNO4/c1-21-15-7-4-11(9-13(15)16)14(18)8-10-2-5-12(6-3-10)17(19)20/h2-7,9H,8H2,1H3. The number of hydrogen-bond acceptors (Lipinski definition) is 4. The van der Waals surface area contributed by atoms with Crippen molar-refractivity contribution in [1.29, 1.82) is 0 Å². The highest BCUT2D eigenvalue weighted by molar-refractivity contribution is 9.10. The first-order valence-corrected chi connectivity index (χ1v) is 6.90. The minimum atomic E-state index is -0.466. The van der Waals surface area contributed by atoms with E-state index in [0.717, 1.165) is 5.56 Å². The maximum absolute atomic E-state index is 12.2. The van der Waals surface area contributed by atoms with Crippen molar-refractivity contribution in [3.8, 4) is 5.75 Å². The zero-order valence-electron chi connectivity index (χ0n) is 11.2. The maximum atomic E-state index is 12.2. The van der Waals surface area contributed by atoms with Gasteiger partial charge in [-0.05, 0) is 39.7 Å². The number of non-ortho nitro benzene ring substituents is 1. The average Bonchev–Trinajstić information content (AvgIpc) is 2.47. The van der Waals surface area contributed by atoms with Gasteiger partial charge in [0.1, 0.15) is 5.75 Å². The van der Waals surface area contributed by atoms with Gasteiger partial charge >= 0.3 is 0 Å². The molecule has 5 nitrogen and oxygen atoms in total. The fourth-order valence-electron chi connectivity index (χ4n) is 1.86. The van der Waals surface area contributed by atoms with E-state index in [4.69, 9.17) is 4.74 Å². The van der Waals surface area contributed by atoms with Gasteiger partial charge in [-0.15, -0.1) is 0 Å². The van der Waals surface area contributed by atoms with Crippen molar-refractivity contribution in [3.05, 3.63) is 68.2 Å². The topological polar surface area (TPSA) is 69.4 Å². The lowest BCUT2D eigenvalue weighted by Crippen LogP contribution is -2.04. The van der Waals surface area contributed by atoms with Crippen LogP contribution in [0.3, 0.4) is 0 Å². The van der Waals surface area contributed by atoms with Crippen LogP contribution >= 0.6 is 15.9 Å². The van der Waals surface area contributed by atoms with Gasteiger partial charge in [-0.25, -0.2) is 0 Å². The summed E-state index contributed by atoms with van der Waals surface area (Å²) in [6.45, 7) is 0. The van der Waals surface area contributed by atoms with E-state index in [0.29, 0.717) is 15.8 Å². The van der Waals surface area contributed by atoms with Crippen molar-refractivity contribution in [1.82, 2.24) is 0 Å². The minimum absolute atomic E-state index is 0.0124. The zero-order valence-corrected chi connectivity index (χ0v) is 12.8. The third-order valence-electron chi connectivity index (χ3n) is 2.99. The summed E-state index contributed by atoms with van der Waals surface area (Å²) in [7, 11) is 1.55. The molecule has 0 aliphatic carbocycles. The average molecular weight is 350 g/mol. The first-order valence-electron chi connectivity index (χ1n) is 6.11. The van der Waals surface area contributed by atoms with Gasteiger partial charge in [-0.1, -0.05) is 12.1 Å². The van der Waals surface area contributed by atoms with Crippen LogP contribution in [0.4, 0.5) is 5.69 Å². The molecule has 0 fully saturated rings. The summed E-state index contributed by atoms with van der Waals surface area (Å²) in [6, 6.07) is 11.1. The van der Waals surface area contributed by atoms with Crippen LogP contribution in [0.5, 0.6) is 5.75 Å². The molecule has 0 aromatic heterocycles. The van der Waals surface area contributed by atoms with Crippen molar-refractivity contribution >= 4 is 27.4 Å². The third kappa shape index (κ3) is 3.66. The lowest BCUT2D eigenvalue weighted by Gasteiger charge is -2.06. The predicted molar refractivity (Wildman–Crippen MR) is 81.8 cm³/mol. The van der Waals surface area contributed by atoms with E-state index in [1.165, 1.54) is 12.1 Å². The Morgan fingerprint density at radius 2 is 1.90 bits per heavy atom. The molecule has 0 aliphatic heterocycles. The number of ketones is 1. The van der Waals surface area contributed by atoms with Crippen LogP contribution < -0.4 is 4.74 Å². The SMILES string of the molecule is COc1ccc(C(=O)Cc2ccc([N+](=O)[O-])cc2)cc1Br. The highest BCUT2D eigenvalue weighted by atomic mass is 79.9. The molecule has 0 amide bonds. The molecule has 0 heterocycles. The van der Waals surface area contributed by atoms with Crippen molar-refractivity contribution in [3.63, 3.8) is 0 Å². The molecule has 0 saturated heterocycles. The van der Waals surface area contributed by atoms with Crippen molar-refractivity contribution in [2.45, 2.75) is 6.42 Å². The second-order valence-electron chi connectivity index (χ2n) is 4.37. The number of Topliss-reactive ketones (excluding diaryl/α,β-unsaturated/α-hetero) is 1. The normalized spacial score (nSPS) is 10.2.